The fraction of sp³-hybridized carbons (Fsp3) is 0.556. The molecule has 4 nitrogen and oxygen atoms in total. The maximum Gasteiger partial charge on any atom is 0.272 e. The Morgan fingerprint density at radius 2 is 2.36 bits per heavy atom. The van der Waals surface area contributed by atoms with E-state index < -0.39 is 0 Å². The van der Waals surface area contributed by atoms with Gasteiger partial charge in [0.25, 0.3) is 5.91 Å². The Kier molecular flexibility index (Phi) is 3.91. The van der Waals surface area contributed by atoms with Crippen molar-refractivity contribution in [2.75, 3.05) is 6.54 Å². The SMILES string of the molecule is CC(C)CNC(=O)c1nn(C)cc1I. The monoisotopic (exact) mass is 307 g/mol. The van der Waals surface area contributed by atoms with E-state index in [1.54, 1.807) is 11.7 Å². The first kappa shape index (κ1) is 11.5. The molecule has 1 heterocycles. The van der Waals surface area contributed by atoms with Gasteiger partial charge >= 0.3 is 0 Å². The molecule has 0 radical (unpaired) electrons. The molecular formula is C9H14IN3O. The van der Waals surface area contributed by atoms with Gasteiger partial charge in [-0.2, -0.15) is 5.10 Å². The molecule has 0 atom stereocenters. The first-order valence-electron chi connectivity index (χ1n) is 4.48. The van der Waals surface area contributed by atoms with Gasteiger partial charge in [-0.15, -0.1) is 0 Å². The first-order valence-corrected chi connectivity index (χ1v) is 5.56. The molecule has 14 heavy (non-hydrogen) atoms. The molecule has 0 aliphatic heterocycles. The van der Waals surface area contributed by atoms with Crippen LogP contribution in [0.5, 0.6) is 0 Å². The highest BCUT2D eigenvalue weighted by Gasteiger charge is 2.13. The fourth-order valence-corrected chi connectivity index (χ4v) is 1.75. The van der Waals surface area contributed by atoms with Crippen LogP contribution in [0.1, 0.15) is 24.3 Å². The number of aryl methyl sites for hydroxylation is 1. The topological polar surface area (TPSA) is 46.9 Å². The third-order valence-electron chi connectivity index (χ3n) is 1.67. The van der Waals surface area contributed by atoms with Gasteiger partial charge in [0.15, 0.2) is 5.69 Å². The molecule has 1 amide bonds. The molecule has 0 aliphatic carbocycles. The molecule has 0 aromatic carbocycles. The number of nitrogens with one attached hydrogen (secondary N) is 1. The lowest BCUT2D eigenvalue weighted by atomic mass is 10.2. The Hall–Kier alpha value is -0.590. The minimum absolute atomic E-state index is 0.0938. The van der Waals surface area contributed by atoms with Gasteiger partial charge in [-0.1, -0.05) is 13.8 Å². The Labute approximate surface area is 97.2 Å². The Balaban J connectivity index is 2.65. The molecule has 1 rings (SSSR count). The van der Waals surface area contributed by atoms with Gasteiger partial charge in [-0.25, -0.2) is 0 Å². The summed E-state index contributed by atoms with van der Waals surface area (Å²) in [6, 6.07) is 0. The van der Waals surface area contributed by atoms with Crippen molar-refractivity contribution in [2.24, 2.45) is 13.0 Å². The predicted molar refractivity (Wildman–Crippen MR) is 63.1 cm³/mol. The zero-order chi connectivity index (χ0) is 10.7. The van der Waals surface area contributed by atoms with Crippen molar-refractivity contribution in [1.82, 2.24) is 15.1 Å². The van der Waals surface area contributed by atoms with Crippen LogP contribution in [0.2, 0.25) is 0 Å². The van der Waals surface area contributed by atoms with E-state index in [1.807, 2.05) is 6.20 Å². The summed E-state index contributed by atoms with van der Waals surface area (Å²) < 4.78 is 2.53. The molecule has 5 heteroatoms. The van der Waals surface area contributed by atoms with E-state index in [0.29, 0.717) is 18.2 Å². The quantitative estimate of drug-likeness (QED) is 0.858. The minimum Gasteiger partial charge on any atom is -0.350 e. The van der Waals surface area contributed by atoms with E-state index in [1.165, 1.54) is 0 Å². The van der Waals surface area contributed by atoms with Crippen LogP contribution in [0.4, 0.5) is 0 Å². The number of halogens is 1. The van der Waals surface area contributed by atoms with Gasteiger partial charge in [-0.3, -0.25) is 9.48 Å². The second kappa shape index (κ2) is 4.77. The van der Waals surface area contributed by atoms with E-state index >= 15 is 0 Å². The van der Waals surface area contributed by atoms with Crippen LogP contribution in [0.15, 0.2) is 6.20 Å². The van der Waals surface area contributed by atoms with Gasteiger partial charge in [0, 0.05) is 19.8 Å². The van der Waals surface area contributed by atoms with Gasteiger partial charge in [0.2, 0.25) is 0 Å². The van der Waals surface area contributed by atoms with Crippen LogP contribution >= 0.6 is 22.6 Å². The summed E-state index contributed by atoms with van der Waals surface area (Å²) in [7, 11) is 1.81. The number of aromatic nitrogens is 2. The number of hydrogen-bond acceptors (Lipinski definition) is 2. The Morgan fingerprint density at radius 3 is 2.79 bits per heavy atom. The van der Waals surface area contributed by atoms with E-state index in [2.05, 4.69) is 46.9 Å². The second-order valence-corrected chi connectivity index (χ2v) is 4.77. The first-order chi connectivity index (χ1) is 6.50. The summed E-state index contributed by atoms with van der Waals surface area (Å²) in [5.74, 6) is 0.365. The zero-order valence-corrected chi connectivity index (χ0v) is 10.7. The molecule has 1 aromatic rings. The minimum atomic E-state index is -0.0938. The third kappa shape index (κ3) is 2.97. The molecule has 0 unspecified atom stereocenters. The molecule has 0 bridgehead atoms. The highest BCUT2D eigenvalue weighted by atomic mass is 127. The fourth-order valence-electron chi connectivity index (χ4n) is 0.994. The normalized spacial score (nSPS) is 10.6. The Morgan fingerprint density at radius 1 is 1.71 bits per heavy atom. The number of nitrogens with zero attached hydrogens (tertiary/aromatic N) is 2. The van der Waals surface area contributed by atoms with Crippen molar-refractivity contribution in [2.45, 2.75) is 13.8 Å². The van der Waals surface area contributed by atoms with E-state index in [-0.39, 0.29) is 5.91 Å². The molecule has 0 fully saturated rings. The summed E-state index contributed by atoms with van der Waals surface area (Å²) in [6.45, 7) is 4.80. The molecule has 0 saturated carbocycles. The maximum absolute atomic E-state index is 11.6. The van der Waals surface area contributed by atoms with Crippen molar-refractivity contribution in [3.8, 4) is 0 Å². The van der Waals surface area contributed by atoms with E-state index in [0.717, 1.165) is 3.57 Å². The second-order valence-electron chi connectivity index (χ2n) is 3.60. The molecule has 1 N–H and O–H groups in total. The van der Waals surface area contributed by atoms with Crippen molar-refractivity contribution >= 4 is 28.5 Å². The van der Waals surface area contributed by atoms with Crippen molar-refractivity contribution in [1.29, 1.82) is 0 Å². The average Bonchev–Trinajstić information content (AvgIpc) is 2.41. The molecule has 78 valence electrons. The lowest BCUT2D eigenvalue weighted by Crippen LogP contribution is -2.28. The zero-order valence-electron chi connectivity index (χ0n) is 8.54. The van der Waals surface area contributed by atoms with Crippen LogP contribution in [0.25, 0.3) is 0 Å². The van der Waals surface area contributed by atoms with Crippen molar-refractivity contribution < 1.29 is 4.79 Å². The van der Waals surface area contributed by atoms with Crippen molar-refractivity contribution in [3.63, 3.8) is 0 Å². The highest BCUT2D eigenvalue weighted by molar-refractivity contribution is 14.1. The number of carbonyl (C=O) groups excluding carboxylic acids is 1. The highest BCUT2D eigenvalue weighted by Crippen LogP contribution is 2.08. The maximum atomic E-state index is 11.6. The van der Waals surface area contributed by atoms with Crippen LogP contribution in [-0.2, 0) is 7.05 Å². The summed E-state index contributed by atoms with van der Waals surface area (Å²) in [4.78, 5) is 11.6. The van der Waals surface area contributed by atoms with Crippen LogP contribution in [-0.4, -0.2) is 22.2 Å². The van der Waals surface area contributed by atoms with Gasteiger partial charge in [-0.05, 0) is 28.5 Å². The van der Waals surface area contributed by atoms with Gasteiger partial charge < -0.3 is 5.32 Å². The third-order valence-corrected chi connectivity index (χ3v) is 2.46. The van der Waals surface area contributed by atoms with Crippen LogP contribution in [0.3, 0.4) is 0 Å². The lowest BCUT2D eigenvalue weighted by molar-refractivity contribution is 0.0942. The van der Waals surface area contributed by atoms with Crippen LogP contribution < -0.4 is 5.32 Å². The van der Waals surface area contributed by atoms with Crippen molar-refractivity contribution in [3.05, 3.63) is 15.5 Å². The summed E-state index contributed by atoms with van der Waals surface area (Å²) >= 11 is 2.11. The lowest BCUT2D eigenvalue weighted by Gasteiger charge is -2.05. The number of hydrogen-bond donors (Lipinski definition) is 1. The Bertz CT molecular complexity index is 333. The number of rotatable bonds is 3. The van der Waals surface area contributed by atoms with Gasteiger partial charge in [0.1, 0.15) is 0 Å². The standard InChI is InChI=1S/C9H14IN3O/c1-6(2)4-11-9(14)8-7(10)5-13(3)12-8/h5-6H,4H2,1-3H3,(H,11,14). The smallest absolute Gasteiger partial charge is 0.272 e. The molecule has 0 aliphatic rings. The van der Waals surface area contributed by atoms with Crippen LogP contribution in [0, 0.1) is 9.49 Å². The number of amides is 1. The van der Waals surface area contributed by atoms with E-state index in [9.17, 15) is 4.79 Å². The van der Waals surface area contributed by atoms with E-state index in [4.69, 9.17) is 0 Å². The average molecular weight is 307 g/mol. The predicted octanol–water partition coefficient (Wildman–Crippen LogP) is 1.41. The molecule has 0 spiro atoms. The number of carbonyl (C=O) groups is 1. The molecule has 1 aromatic heterocycles. The molecular weight excluding hydrogens is 293 g/mol. The summed E-state index contributed by atoms with van der Waals surface area (Å²) in [5, 5.41) is 6.92. The largest absolute Gasteiger partial charge is 0.350 e. The van der Waals surface area contributed by atoms with Gasteiger partial charge in [0.05, 0.1) is 3.57 Å². The summed E-state index contributed by atoms with van der Waals surface area (Å²) in [5.41, 5.74) is 0.508. The summed E-state index contributed by atoms with van der Waals surface area (Å²) in [6.07, 6.45) is 1.82. The molecule has 0 saturated heterocycles.